The third kappa shape index (κ3) is 2.99. The van der Waals surface area contributed by atoms with Crippen LogP contribution in [-0.2, 0) is 22.7 Å². The van der Waals surface area contributed by atoms with Gasteiger partial charge < -0.3 is 14.8 Å². The number of imide groups is 1. The van der Waals surface area contributed by atoms with Crippen LogP contribution in [-0.4, -0.2) is 23.5 Å². The maximum atomic E-state index is 12.6. The van der Waals surface area contributed by atoms with Crippen LogP contribution in [0.3, 0.4) is 0 Å². The van der Waals surface area contributed by atoms with E-state index < -0.39 is 11.8 Å². The van der Waals surface area contributed by atoms with Crippen LogP contribution in [0.1, 0.15) is 11.1 Å². The van der Waals surface area contributed by atoms with Crippen LogP contribution in [0.15, 0.2) is 59.3 Å². The molecule has 0 saturated carbocycles. The highest BCUT2D eigenvalue weighted by Gasteiger charge is 2.37. The first kappa shape index (κ1) is 16.5. The van der Waals surface area contributed by atoms with Crippen LogP contribution in [0.2, 0.25) is 0 Å². The fraction of sp³-hybridized carbons (Fsp3) is 0.158. The third-order valence-electron chi connectivity index (χ3n) is 4.20. The minimum absolute atomic E-state index is 0.0910. The van der Waals surface area contributed by atoms with Crippen molar-refractivity contribution in [2.45, 2.75) is 13.1 Å². The van der Waals surface area contributed by atoms with Crippen molar-refractivity contribution < 1.29 is 19.1 Å². The number of fused-ring (bicyclic) bond motifs is 1. The Labute approximate surface area is 155 Å². The molecule has 0 fully saturated rings. The Balaban J connectivity index is 1.46. The van der Waals surface area contributed by atoms with E-state index >= 15 is 0 Å². The van der Waals surface area contributed by atoms with Crippen molar-refractivity contribution in [2.24, 2.45) is 0 Å². The van der Waals surface area contributed by atoms with Gasteiger partial charge in [-0.25, -0.2) is 0 Å². The molecule has 0 aromatic heterocycles. The molecule has 1 N–H and O–H groups in total. The monoisotopic (exact) mass is 370 g/mol. The maximum Gasteiger partial charge on any atom is 0.278 e. The van der Waals surface area contributed by atoms with Gasteiger partial charge in [-0.15, -0.1) is 0 Å². The molecule has 2 amide bonds. The molecular formula is C19H15ClN2O4. The van der Waals surface area contributed by atoms with Gasteiger partial charge in [-0.3, -0.25) is 14.5 Å². The lowest BCUT2D eigenvalue weighted by atomic mass is 10.2. The molecule has 0 aliphatic carbocycles. The van der Waals surface area contributed by atoms with Crippen LogP contribution in [0.5, 0.6) is 11.5 Å². The molecule has 132 valence electrons. The normalized spacial score (nSPS) is 15.8. The van der Waals surface area contributed by atoms with Gasteiger partial charge in [0.15, 0.2) is 11.5 Å². The molecule has 2 aliphatic rings. The zero-order valence-electron chi connectivity index (χ0n) is 13.7. The van der Waals surface area contributed by atoms with Crippen molar-refractivity contribution in [3.63, 3.8) is 0 Å². The first-order valence-electron chi connectivity index (χ1n) is 8.06. The van der Waals surface area contributed by atoms with Gasteiger partial charge in [0.1, 0.15) is 10.7 Å². The lowest BCUT2D eigenvalue weighted by Crippen LogP contribution is -2.33. The highest BCUT2D eigenvalue weighted by molar-refractivity contribution is 6.47. The minimum Gasteiger partial charge on any atom is -0.454 e. The van der Waals surface area contributed by atoms with Crippen LogP contribution in [0.4, 0.5) is 0 Å². The van der Waals surface area contributed by atoms with E-state index in [9.17, 15) is 9.59 Å². The van der Waals surface area contributed by atoms with Crippen molar-refractivity contribution in [1.82, 2.24) is 10.2 Å². The number of hydrogen-bond acceptors (Lipinski definition) is 5. The van der Waals surface area contributed by atoms with E-state index in [-0.39, 0.29) is 24.1 Å². The van der Waals surface area contributed by atoms with Gasteiger partial charge in [0, 0.05) is 6.54 Å². The van der Waals surface area contributed by atoms with Gasteiger partial charge in [-0.2, -0.15) is 0 Å². The van der Waals surface area contributed by atoms with Crippen LogP contribution in [0.25, 0.3) is 0 Å². The Hall–Kier alpha value is -2.99. The van der Waals surface area contributed by atoms with E-state index in [1.165, 1.54) is 0 Å². The van der Waals surface area contributed by atoms with Crippen molar-refractivity contribution in [3.05, 3.63) is 70.4 Å². The Kier molecular flexibility index (Phi) is 4.26. The second-order valence-corrected chi connectivity index (χ2v) is 6.29. The second-order valence-electron chi connectivity index (χ2n) is 5.91. The van der Waals surface area contributed by atoms with Crippen molar-refractivity contribution in [3.8, 4) is 11.5 Å². The summed E-state index contributed by atoms with van der Waals surface area (Å²) in [5.74, 6) is 0.425. The standard InChI is InChI=1S/C19H15ClN2O4/c20-16-17(21-9-13-6-7-14-15(8-13)26-11-25-14)19(24)22(18(16)23)10-12-4-2-1-3-5-12/h1-8,21H,9-11H2. The Morgan fingerprint density at radius 3 is 2.54 bits per heavy atom. The van der Waals surface area contributed by atoms with E-state index in [1.807, 2.05) is 42.5 Å². The molecule has 2 aliphatic heterocycles. The lowest BCUT2D eigenvalue weighted by Gasteiger charge is -2.15. The number of hydrogen-bond donors (Lipinski definition) is 1. The number of benzene rings is 2. The van der Waals surface area contributed by atoms with E-state index in [0.717, 1.165) is 16.0 Å². The number of ether oxygens (including phenoxy) is 2. The molecule has 0 radical (unpaired) electrons. The number of amides is 2. The number of nitrogens with zero attached hydrogens (tertiary/aromatic N) is 1. The summed E-state index contributed by atoms with van der Waals surface area (Å²) in [6.07, 6.45) is 0. The summed E-state index contributed by atoms with van der Waals surface area (Å²) in [6, 6.07) is 14.8. The summed E-state index contributed by atoms with van der Waals surface area (Å²) in [5.41, 5.74) is 1.86. The smallest absolute Gasteiger partial charge is 0.278 e. The van der Waals surface area contributed by atoms with Gasteiger partial charge in [0.2, 0.25) is 6.79 Å². The second kappa shape index (κ2) is 6.72. The summed E-state index contributed by atoms with van der Waals surface area (Å²) in [7, 11) is 0. The van der Waals surface area contributed by atoms with Crippen molar-refractivity contribution >= 4 is 23.4 Å². The molecule has 6 nitrogen and oxygen atoms in total. The van der Waals surface area contributed by atoms with E-state index in [0.29, 0.717) is 18.0 Å². The molecule has 2 aromatic carbocycles. The highest BCUT2D eigenvalue weighted by Crippen LogP contribution is 2.32. The van der Waals surface area contributed by atoms with Gasteiger partial charge in [0.05, 0.1) is 6.54 Å². The largest absolute Gasteiger partial charge is 0.454 e. The summed E-state index contributed by atoms with van der Waals surface area (Å²) < 4.78 is 10.6. The number of halogens is 1. The topological polar surface area (TPSA) is 67.9 Å². The Bertz CT molecular complexity index is 911. The predicted octanol–water partition coefficient (Wildman–Crippen LogP) is 2.52. The highest BCUT2D eigenvalue weighted by atomic mass is 35.5. The summed E-state index contributed by atoms with van der Waals surface area (Å²) in [6.45, 7) is 0.717. The lowest BCUT2D eigenvalue weighted by molar-refractivity contribution is -0.138. The molecule has 0 unspecified atom stereocenters. The summed E-state index contributed by atoms with van der Waals surface area (Å²) in [5, 5.41) is 2.88. The van der Waals surface area contributed by atoms with Gasteiger partial charge in [0.25, 0.3) is 11.8 Å². The zero-order valence-corrected chi connectivity index (χ0v) is 14.5. The first-order chi connectivity index (χ1) is 12.6. The Morgan fingerprint density at radius 1 is 0.962 bits per heavy atom. The SMILES string of the molecule is O=C1C(Cl)=C(NCc2ccc3c(c2)OCO3)C(=O)N1Cc1ccccc1. The average Bonchev–Trinajstić information content (AvgIpc) is 3.20. The maximum absolute atomic E-state index is 12.6. The molecule has 26 heavy (non-hydrogen) atoms. The summed E-state index contributed by atoms with van der Waals surface area (Å²) >= 11 is 6.10. The fourth-order valence-electron chi connectivity index (χ4n) is 2.85. The zero-order chi connectivity index (χ0) is 18.1. The quantitative estimate of drug-likeness (QED) is 0.819. The fourth-order valence-corrected chi connectivity index (χ4v) is 3.10. The average molecular weight is 371 g/mol. The van der Waals surface area contributed by atoms with Crippen LogP contribution in [0, 0.1) is 0 Å². The van der Waals surface area contributed by atoms with Gasteiger partial charge in [-0.1, -0.05) is 48.0 Å². The third-order valence-corrected chi connectivity index (χ3v) is 4.55. The van der Waals surface area contributed by atoms with E-state index in [4.69, 9.17) is 21.1 Å². The number of carbonyl (C=O) groups is 2. The van der Waals surface area contributed by atoms with Gasteiger partial charge in [-0.05, 0) is 23.3 Å². The molecule has 0 spiro atoms. The molecule has 0 saturated heterocycles. The molecule has 2 aromatic rings. The van der Waals surface area contributed by atoms with Crippen LogP contribution < -0.4 is 14.8 Å². The van der Waals surface area contributed by atoms with Crippen LogP contribution >= 0.6 is 11.6 Å². The number of carbonyl (C=O) groups excluding carboxylic acids is 2. The van der Waals surface area contributed by atoms with Crippen molar-refractivity contribution in [2.75, 3.05) is 6.79 Å². The number of rotatable bonds is 5. The molecule has 0 atom stereocenters. The molecule has 2 heterocycles. The molecule has 7 heteroatoms. The van der Waals surface area contributed by atoms with E-state index in [2.05, 4.69) is 5.32 Å². The minimum atomic E-state index is -0.492. The molecule has 4 rings (SSSR count). The molecule has 0 bridgehead atoms. The van der Waals surface area contributed by atoms with Crippen molar-refractivity contribution in [1.29, 1.82) is 0 Å². The Morgan fingerprint density at radius 2 is 1.73 bits per heavy atom. The first-order valence-corrected chi connectivity index (χ1v) is 8.43. The van der Waals surface area contributed by atoms with E-state index in [1.54, 1.807) is 6.07 Å². The predicted molar refractivity (Wildman–Crippen MR) is 94.3 cm³/mol. The summed E-state index contributed by atoms with van der Waals surface area (Å²) in [4.78, 5) is 26.1. The van der Waals surface area contributed by atoms with Gasteiger partial charge >= 0.3 is 0 Å². The molecular weight excluding hydrogens is 356 g/mol. The number of nitrogens with one attached hydrogen (secondary N) is 1.